The Kier molecular flexibility index (Phi) is 5.52. The van der Waals surface area contributed by atoms with Gasteiger partial charge in [0.2, 0.25) is 0 Å². The minimum absolute atomic E-state index is 0.133. The summed E-state index contributed by atoms with van der Waals surface area (Å²) in [4.78, 5) is 0. The first-order chi connectivity index (χ1) is 15.8. The fourth-order valence-electron chi connectivity index (χ4n) is 3.33. The van der Waals surface area contributed by atoms with E-state index in [-0.39, 0.29) is 24.4 Å². The molecule has 6 rings (SSSR count). The first-order valence-corrected chi connectivity index (χ1v) is 11.1. The highest BCUT2D eigenvalue weighted by Gasteiger charge is 2.29. The smallest absolute Gasteiger partial charge is 0.131 e. The van der Waals surface area contributed by atoms with Gasteiger partial charge in [0, 0.05) is 11.6 Å². The van der Waals surface area contributed by atoms with E-state index in [1.807, 2.05) is 36.4 Å². The van der Waals surface area contributed by atoms with Crippen LogP contribution in [0.25, 0.3) is 11.1 Å². The average Bonchev–Trinajstić information content (AvgIpc) is 3.65. The monoisotopic (exact) mass is 442 g/mol. The van der Waals surface area contributed by atoms with Crippen molar-refractivity contribution in [2.45, 2.75) is 24.4 Å². The molecule has 0 radical (unpaired) electrons. The minimum Gasteiger partial charge on any atom is -0.491 e. The zero-order chi connectivity index (χ0) is 21.3. The summed E-state index contributed by atoms with van der Waals surface area (Å²) in [5, 5.41) is 0. The lowest BCUT2D eigenvalue weighted by Gasteiger charge is -2.19. The second-order valence-corrected chi connectivity index (χ2v) is 8.35. The van der Waals surface area contributed by atoms with Crippen molar-refractivity contribution in [1.82, 2.24) is 0 Å². The van der Waals surface area contributed by atoms with E-state index < -0.39 is 0 Å². The van der Waals surface area contributed by atoms with E-state index in [2.05, 4.69) is 0 Å². The lowest BCUT2D eigenvalue weighted by Crippen LogP contribution is -2.10. The third-order valence-electron chi connectivity index (χ3n) is 5.53. The maximum atomic E-state index is 6.17. The summed E-state index contributed by atoms with van der Waals surface area (Å²) in [5.74, 6) is 2.88. The molecule has 170 valence electrons. The number of ether oxygens (including phenoxy) is 8. The fourth-order valence-corrected chi connectivity index (χ4v) is 3.33. The van der Waals surface area contributed by atoms with Gasteiger partial charge in [-0.25, -0.2) is 0 Å². The molecule has 4 aliphatic heterocycles. The van der Waals surface area contributed by atoms with Crippen LogP contribution in [0.2, 0.25) is 0 Å². The standard InChI is InChI=1S/C24H26O8/c1-2-21(30-12-17-9-27-17)24(22(3-1)31-13-18-10-28-18)20-5-4-15(25-7-16-8-26-16)6-23(20)32-14-19-11-29-19/h1-6,16-19H,7-14H2. The Bertz CT molecular complexity index is 913. The molecule has 4 fully saturated rings. The van der Waals surface area contributed by atoms with Gasteiger partial charge in [-0.1, -0.05) is 6.07 Å². The first kappa shape index (κ1) is 20.1. The molecule has 0 N–H and O–H groups in total. The van der Waals surface area contributed by atoms with E-state index >= 15 is 0 Å². The topological polar surface area (TPSA) is 87.0 Å². The maximum absolute atomic E-state index is 6.17. The third-order valence-corrected chi connectivity index (χ3v) is 5.53. The predicted molar refractivity (Wildman–Crippen MR) is 113 cm³/mol. The normalized spacial score (nSPS) is 26.9. The predicted octanol–water partition coefficient (Wildman–Crippen LogP) is 2.46. The molecule has 0 saturated carbocycles. The van der Waals surface area contributed by atoms with E-state index in [1.54, 1.807) is 0 Å². The van der Waals surface area contributed by atoms with Crippen LogP contribution in [-0.4, -0.2) is 77.3 Å². The van der Waals surface area contributed by atoms with Crippen LogP contribution in [0, 0.1) is 0 Å². The summed E-state index contributed by atoms with van der Waals surface area (Å²) in [5.41, 5.74) is 1.72. The van der Waals surface area contributed by atoms with E-state index in [9.17, 15) is 0 Å². The van der Waals surface area contributed by atoms with Crippen molar-refractivity contribution in [3.8, 4) is 34.1 Å². The second-order valence-electron chi connectivity index (χ2n) is 8.35. The van der Waals surface area contributed by atoms with Crippen LogP contribution in [0.15, 0.2) is 36.4 Å². The highest BCUT2D eigenvalue weighted by Crippen LogP contribution is 2.45. The van der Waals surface area contributed by atoms with E-state index in [1.165, 1.54) is 0 Å². The summed E-state index contributed by atoms with van der Waals surface area (Å²) < 4.78 is 45.5. The van der Waals surface area contributed by atoms with Crippen LogP contribution >= 0.6 is 0 Å². The van der Waals surface area contributed by atoms with Gasteiger partial charge in [0.25, 0.3) is 0 Å². The molecule has 0 aromatic heterocycles. The summed E-state index contributed by atoms with van der Waals surface area (Å²) in [6, 6.07) is 11.7. The van der Waals surface area contributed by atoms with E-state index in [4.69, 9.17) is 37.9 Å². The molecule has 32 heavy (non-hydrogen) atoms. The van der Waals surface area contributed by atoms with Gasteiger partial charge in [-0.2, -0.15) is 0 Å². The molecule has 8 heteroatoms. The van der Waals surface area contributed by atoms with Gasteiger partial charge >= 0.3 is 0 Å². The van der Waals surface area contributed by atoms with E-state index in [0.29, 0.717) is 32.2 Å². The molecule has 2 aromatic rings. The Balaban J connectivity index is 1.32. The molecule has 8 nitrogen and oxygen atoms in total. The average molecular weight is 442 g/mol. The van der Waals surface area contributed by atoms with Crippen LogP contribution in [0.5, 0.6) is 23.0 Å². The third kappa shape index (κ3) is 5.27. The molecule has 0 amide bonds. The Hall–Kier alpha value is -2.52. The largest absolute Gasteiger partial charge is 0.491 e. The molecule has 4 unspecified atom stereocenters. The molecule has 0 spiro atoms. The van der Waals surface area contributed by atoms with Gasteiger partial charge in [-0.3, -0.25) is 0 Å². The Labute approximate surface area is 186 Å². The van der Waals surface area contributed by atoms with Gasteiger partial charge < -0.3 is 37.9 Å². The molecule has 4 heterocycles. The first-order valence-electron chi connectivity index (χ1n) is 11.1. The molecule has 4 saturated heterocycles. The van der Waals surface area contributed by atoms with Crippen molar-refractivity contribution in [1.29, 1.82) is 0 Å². The van der Waals surface area contributed by atoms with Gasteiger partial charge in [-0.05, 0) is 24.3 Å². The fraction of sp³-hybridized carbons (Fsp3) is 0.500. The zero-order valence-electron chi connectivity index (χ0n) is 17.7. The summed E-state index contributed by atoms with van der Waals surface area (Å²) in [7, 11) is 0. The quantitative estimate of drug-likeness (QED) is 0.437. The van der Waals surface area contributed by atoms with Crippen molar-refractivity contribution in [2.75, 3.05) is 52.9 Å². The zero-order valence-corrected chi connectivity index (χ0v) is 17.7. The Morgan fingerprint density at radius 1 is 0.594 bits per heavy atom. The Morgan fingerprint density at radius 3 is 1.56 bits per heavy atom. The van der Waals surface area contributed by atoms with Crippen LogP contribution in [-0.2, 0) is 18.9 Å². The van der Waals surface area contributed by atoms with Crippen molar-refractivity contribution in [2.24, 2.45) is 0 Å². The van der Waals surface area contributed by atoms with Crippen LogP contribution in [0.4, 0.5) is 0 Å². The number of rotatable bonds is 13. The van der Waals surface area contributed by atoms with Crippen molar-refractivity contribution >= 4 is 0 Å². The number of benzene rings is 2. The molecule has 4 aliphatic rings. The van der Waals surface area contributed by atoms with Crippen molar-refractivity contribution < 1.29 is 37.9 Å². The highest BCUT2D eigenvalue weighted by atomic mass is 16.6. The van der Waals surface area contributed by atoms with Gasteiger partial charge in [0.15, 0.2) is 0 Å². The Morgan fingerprint density at radius 2 is 1.06 bits per heavy atom. The van der Waals surface area contributed by atoms with Gasteiger partial charge in [-0.15, -0.1) is 0 Å². The highest BCUT2D eigenvalue weighted by molar-refractivity contribution is 5.81. The number of epoxide rings is 4. The van der Waals surface area contributed by atoms with Crippen LogP contribution in [0.3, 0.4) is 0 Å². The summed E-state index contributed by atoms with van der Waals surface area (Å²) in [6.45, 7) is 4.94. The summed E-state index contributed by atoms with van der Waals surface area (Å²) >= 11 is 0. The number of hydrogen-bond acceptors (Lipinski definition) is 8. The molecule has 2 aromatic carbocycles. The SMILES string of the molecule is c1cc(OCC2CO2)c(-c2ccc(OCC3CO3)cc2OCC2CO2)c(OCC2CO2)c1. The van der Waals surface area contributed by atoms with Crippen molar-refractivity contribution in [3.63, 3.8) is 0 Å². The second kappa shape index (κ2) is 8.78. The lowest BCUT2D eigenvalue weighted by molar-refractivity contribution is 0.250. The van der Waals surface area contributed by atoms with E-state index in [0.717, 1.165) is 54.8 Å². The van der Waals surface area contributed by atoms with Crippen molar-refractivity contribution in [3.05, 3.63) is 36.4 Å². The van der Waals surface area contributed by atoms with Gasteiger partial charge in [0.05, 0.1) is 32.0 Å². The molecule has 0 bridgehead atoms. The molecular weight excluding hydrogens is 416 g/mol. The molecule has 0 aliphatic carbocycles. The molecule has 4 atom stereocenters. The summed E-state index contributed by atoms with van der Waals surface area (Å²) in [6.07, 6.45) is 0.613. The van der Waals surface area contributed by atoms with Crippen LogP contribution < -0.4 is 18.9 Å². The minimum atomic E-state index is 0.133. The molecular formula is C24H26O8. The number of hydrogen-bond donors (Lipinski definition) is 0. The maximum Gasteiger partial charge on any atom is 0.131 e. The van der Waals surface area contributed by atoms with Crippen LogP contribution in [0.1, 0.15) is 0 Å². The lowest BCUT2D eigenvalue weighted by atomic mass is 10.0. The van der Waals surface area contributed by atoms with Gasteiger partial charge in [0.1, 0.15) is 73.8 Å².